The molecule has 12 aromatic rings. The van der Waals surface area contributed by atoms with Gasteiger partial charge in [-0.1, -0.05) is 133 Å². The van der Waals surface area contributed by atoms with Crippen LogP contribution in [0.1, 0.15) is 0 Å². The lowest BCUT2D eigenvalue weighted by molar-refractivity contribution is 0.617. The summed E-state index contributed by atoms with van der Waals surface area (Å²) >= 11 is 1.86. The zero-order valence-electron chi connectivity index (χ0n) is 28.4. The fourth-order valence-corrected chi connectivity index (χ4v) is 9.97. The van der Waals surface area contributed by atoms with E-state index >= 15 is 0 Å². The fraction of sp³-hybridized carbons (Fsp3) is 0. The molecule has 12 rings (SSSR count). The Bertz CT molecular complexity index is 3400. The maximum atomic E-state index is 6.82. The number of hydrogen-bond donors (Lipinski definition) is 0. The third kappa shape index (κ3) is 4.08. The molecule has 53 heavy (non-hydrogen) atoms. The van der Waals surface area contributed by atoms with Gasteiger partial charge in [0.15, 0.2) is 0 Å². The molecule has 0 radical (unpaired) electrons. The van der Waals surface area contributed by atoms with Crippen LogP contribution in [0.4, 0.5) is 0 Å². The average Bonchev–Trinajstić information content (AvgIpc) is 3.92. The van der Waals surface area contributed by atoms with Crippen molar-refractivity contribution >= 4 is 96.7 Å². The Balaban J connectivity index is 1.22. The maximum Gasteiger partial charge on any atom is 0.143 e. The minimum atomic E-state index is 0.851. The molecule has 2 nitrogen and oxygen atoms in total. The lowest BCUT2D eigenvalue weighted by Crippen LogP contribution is -1.91. The predicted molar refractivity (Wildman–Crippen MR) is 225 cm³/mol. The van der Waals surface area contributed by atoms with Crippen molar-refractivity contribution in [2.24, 2.45) is 0 Å². The van der Waals surface area contributed by atoms with Crippen LogP contribution < -0.4 is 0 Å². The first kappa shape index (κ1) is 29.0. The van der Waals surface area contributed by atoms with E-state index in [1.165, 1.54) is 63.6 Å². The van der Waals surface area contributed by atoms with Crippen molar-refractivity contribution in [3.8, 4) is 33.4 Å². The molecule has 0 saturated carbocycles. The van der Waals surface area contributed by atoms with Gasteiger partial charge in [-0.15, -0.1) is 11.3 Å². The minimum Gasteiger partial charge on any atom is -0.463 e. The molecule has 0 atom stereocenters. The Morgan fingerprint density at radius 3 is 1.79 bits per heavy atom. The van der Waals surface area contributed by atoms with E-state index in [4.69, 9.17) is 8.83 Å². The predicted octanol–water partition coefficient (Wildman–Crippen LogP) is 15.2. The Morgan fingerprint density at radius 1 is 0.377 bits per heavy atom. The molecule has 0 fully saturated rings. The van der Waals surface area contributed by atoms with Gasteiger partial charge in [-0.05, 0) is 79.3 Å². The van der Waals surface area contributed by atoms with E-state index in [-0.39, 0.29) is 0 Å². The number of thiophene rings is 1. The first-order valence-corrected chi connectivity index (χ1v) is 18.8. The van der Waals surface area contributed by atoms with E-state index < -0.39 is 0 Å². The maximum absolute atomic E-state index is 6.82. The number of rotatable bonds is 3. The van der Waals surface area contributed by atoms with Crippen LogP contribution >= 0.6 is 11.3 Å². The summed E-state index contributed by atoms with van der Waals surface area (Å²) in [7, 11) is 0. The van der Waals surface area contributed by atoms with Gasteiger partial charge in [-0.25, -0.2) is 0 Å². The van der Waals surface area contributed by atoms with E-state index in [2.05, 4.69) is 158 Å². The number of furan rings is 2. The smallest absolute Gasteiger partial charge is 0.143 e. The zero-order valence-corrected chi connectivity index (χ0v) is 29.2. The van der Waals surface area contributed by atoms with Crippen molar-refractivity contribution in [2.45, 2.75) is 0 Å². The molecule has 246 valence electrons. The quantitative estimate of drug-likeness (QED) is 0.172. The second-order valence-corrected chi connectivity index (χ2v) is 15.0. The third-order valence-electron chi connectivity index (χ3n) is 11.1. The Hall–Kier alpha value is -6.68. The van der Waals surface area contributed by atoms with Crippen LogP contribution in [-0.2, 0) is 0 Å². The van der Waals surface area contributed by atoms with E-state index in [0.717, 1.165) is 55.2 Å². The summed E-state index contributed by atoms with van der Waals surface area (Å²) in [5.74, 6) is 0. The molecule has 0 aliphatic carbocycles. The molecule has 9 aromatic carbocycles. The molecule has 0 aliphatic rings. The van der Waals surface area contributed by atoms with Gasteiger partial charge in [0.1, 0.15) is 16.7 Å². The lowest BCUT2D eigenvalue weighted by Gasteiger charge is -2.18. The molecular weight excluding hydrogens is 665 g/mol. The summed E-state index contributed by atoms with van der Waals surface area (Å²) in [6.07, 6.45) is 1.95. The molecule has 0 bridgehead atoms. The largest absolute Gasteiger partial charge is 0.463 e. The van der Waals surface area contributed by atoms with Gasteiger partial charge < -0.3 is 8.83 Å². The van der Waals surface area contributed by atoms with Crippen LogP contribution in [0.3, 0.4) is 0 Å². The SMILES string of the molecule is c1ccc2c(-c3coc4c(-c5c6ccccc6c(-c6ccc7sc8ccccc8c7c6)c6ccccc56)cc5oc6ccccc6c5c34)cccc2c1. The van der Waals surface area contributed by atoms with Crippen LogP contribution in [0.5, 0.6) is 0 Å². The fourth-order valence-electron chi connectivity index (χ4n) is 8.88. The van der Waals surface area contributed by atoms with Gasteiger partial charge in [0.2, 0.25) is 0 Å². The van der Waals surface area contributed by atoms with Crippen molar-refractivity contribution in [3.05, 3.63) is 170 Å². The molecule has 0 N–H and O–H groups in total. The first-order chi connectivity index (χ1) is 26.3. The van der Waals surface area contributed by atoms with E-state index in [0.29, 0.717) is 0 Å². The lowest BCUT2D eigenvalue weighted by atomic mass is 9.84. The molecule has 0 amide bonds. The van der Waals surface area contributed by atoms with Gasteiger partial charge in [0, 0.05) is 53.0 Å². The highest BCUT2D eigenvalue weighted by molar-refractivity contribution is 7.25. The zero-order chi connectivity index (χ0) is 34.6. The van der Waals surface area contributed by atoms with Crippen molar-refractivity contribution in [1.82, 2.24) is 0 Å². The van der Waals surface area contributed by atoms with Crippen LogP contribution in [0.2, 0.25) is 0 Å². The van der Waals surface area contributed by atoms with Gasteiger partial charge in [-0.3, -0.25) is 0 Å². The summed E-state index contributed by atoms with van der Waals surface area (Å²) in [6.45, 7) is 0. The molecule has 3 heteroatoms. The van der Waals surface area contributed by atoms with Crippen molar-refractivity contribution in [1.29, 1.82) is 0 Å². The summed E-state index contributed by atoms with van der Waals surface area (Å²) in [6, 6.07) is 59.1. The molecule has 0 unspecified atom stereocenters. The summed E-state index contributed by atoms with van der Waals surface area (Å²) in [5, 5.41) is 13.0. The van der Waals surface area contributed by atoms with Crippen LogP contribution in [0.15, 0.2) is 179 Å². The number of hydrogen-bond acceptors (Lipinski definition) is 3. The molecule has 0 spiro atoms. The summed E-state index contributed by atoms with van der Waals surface area (Å²) in [5.41, 5.74) is 9.42. The summed E-state index contributed by atoms with van der Waals surface area (Å²) < 4.78 is 16.2. The van der Waals surface area contributed by atoms with Crippen LogP contribution in [0.25, 0.3) is 119 Å². The van der Waals surface area contributed by atoms with Crippen molar-refractivity contribution < 1.29 is 8.83 Å². The number of fused-ring (bicyclic) bond motifs is 11. The number of para-hydroxylation sites is 1. The standard InChI is InChI=1S/C50H28O2S/c1-2-14-31-29(12-1)13-11-21-32(31)41-28-51-50-40(27-43-48(49(41)50)38-20-7-9-22-42(38)52-43)47-36-18-5-3-16-34(36)46(35-17-4-6-19-37(35)47)30-24-25-45-39(26-30)33-15-8-10-23-44(33)53-45/h1-28H. The molecule has 3 heterocycles. The second kappa shape index (κ2) is 10.9. The highest BCUT2D eigenvalue weighted by Crippen LogP contribution is 2.51. The van der Waals surface area contributed by atoms with Gasteiger partial charge >= 0.3 is 0 Å². The van der Waals surface area contributed by atoms with E-state index in [9.17, 15) is 0 Å². The first-order valence-electron chi connectivity index (χ1n) is 18.0. The molecule has 0 saturated heterocycles. The average molecular weight is 693 g/mol. The van der Waals surface area contributed by atoms with Gasteiger partial charge in [-0.2, -0.15) is 0 Å². The molecule has 3 aromatic heterocycles. The highest BCUT2D eigenvalue weighted by Gasteiger charge is 2.25. The molecular formula is C50H28O2S. The number of benzene rings is 9. The van der Waals surface area contributed by atoms with Crippen molar-refractivity contribution in [2.75, 3.05) is 0 Å². The van der Waals surface area contributed by atoms with Crippen LogP contribution in [-0.4, -0.2) is 0 Å². The van der Waals surface area contributed by atoms with E-state index in [1.807, 2.05) is 23.7 Å². The van der Waals surface area contributed by atoms with E-state index in [1.54, 1.807) is 0 Å². The highest BCUT2D eigenvalue weighted by atomic mass is 32.1. The second-order valence-electron chi connectivity index (χ2n) is 13.9. The van der Waals surface area contributed by atoms with Crippen LogP contribution in [0, 0.1) is 0 Å². The molecule has 0 aliphatic heterocycles. The normalized spacial score (nSPS) is 12.2. The van der Waals surface area contributed by atoms with Gasteiger partial charge in [0.25, 0.3) is 0 Å². The topological polar surface area (TPSA) is 26.3 Å². The minimum absolute atomic E-state index is 0.851. The Morgan fingerprint density at radius 2 is 1.00 bits per heavy atom. The monoisotopic (exact) mass is 692 g/mol. The third-order valence-corrected chi connectivity index (χ3v) is 12.3. The summed E-state index contributed by atoms with van der Waals surface area (Å²) in [4.78, 5) is 0. The van der Waals surface area contributed by atoms with Crippen molar-refractivity contribution in [3.63, 3.8) is 0 Å². The Kier molecular flexibility index (Phi) is 5.96. The Labute approximate surface area is 307 Å². The van der Waals surface area contributed by atoms with Gasteiger partial charge in [0.05, 0.1) is 6.26 Å².